The number of amides is 1. The first kappa shape index (κ1) is 14.7. The quantitative estimate of drug-likeness (QED) is 0.877. The Kier molecular flexibility index (Phi) is 5.15. The van der Waals surface area contributed by atoms with Crippen molar-refractivity contribution in [1.82, 2.24) is 10.2 Å². The summed E-state index contributed by atoms with van der Waals surface area (Å²) in [4.78, 5) is 14.0. The number of nitrogens with one attached hydrogen (secondary N) is 2. The van der Waals surface area contributed by atoms with Gasteiger partial charge in [0.2, 0.25) is 5.91 Å². The fourth-order valence-corrected chi connectivity index (χ4v) is 2.81. The Hall–Kier alpha value is -0.690. The molecule has 0 spiro atoms. The van der Waals surface area contributed by atoms with Crippen LogP contribution in [0.15, 0.2) is 16.6 Å². The monoisotopic (exact) mass is 349 g/mol. The van der Waals surface area contributed by atoms with E-state index in [4.69, 9.17) is 11.6 Å². The number of rotatable bonds is 3. The van der Waals surface area contributed by atoms with E-state index in [2.05, 4.69) is 31.5 Å². The van der Waals surface area contributed by atoms with Gasteiger partial charge in [0.1, 0.15) is 5.82 Å². The number of benzene rings is 1. The molecule has 1 saturated heterocycles. The van der Waals surface area contributed by atoms with Crippen molar-refractivity contribution in [3.63, 3.8) is 0 Å². The SMILES string of the molecule is O=C(CN1CCNCC1)Nc1c(Cl)cc(F)cc1Br. The second-order valence-corrected chi connectivity index (χ2v) is 5.58. The van der Waals surface area contributed by atoms with Gasteiger partial charge >= 0.3 is 0 Å². The molecular weight excluding hydrogens is 337 g/mol. The van der Waals surface area contributed by atoms with E-state index >= 15 is 0 Å². The van der Waals surface area contributed by atoms with Gasteiger partial charge in [-0.2, -0.15) is 0 Å². The molecule has 0 unspecified atom stereocenters. The number of anilines is 1. The molecule has 1 aromatic rings. The summed E-state index contributed by atoms with van der Waals surface area (Å²) in [7, 11) is 0. The number of hydrogen-bond acceptors (Lipinski definition) is 3. The summed E-state index contributed by atoms with van der Waals surface area (Å²) in [6.45, 7) is 3.75. The van der Waals surface area contributed by atoms with Crippen molar-refractivity contribution in [3.8, 4) is 0 Å². The molecule has 1 aliphatic rings. The summed E-state index contributed by atoms with van der Waals surface area (Å²) in [5.41, 5.74) is 0.406. The van der Waals surface area contributed by atoms with Crippen LogP contribution in [-0.2, 0) is 4.79 Å². The highest BCUT2D eigenvalue weighted by molar-refractivity contribution is 9.10. The molecule has 1 aromatic carbocycles. The van der Waals surface area contributed by atoms with Crippen LogP contribution in [0.4, 0.5) is 10.1 Å². The standard InChI is InChI=1S/C12H14BrClFN3O/c13-9-5-8(15)6-10(14)12(9)17-11(19)7-18-3-1-16-2-4-18/h5-6,16H,1-4,7H2,(H,17,19). The highest BCUT2D eigenvalue weighted by atomic mass is 79.9. The largest absolute Gasteiger partial charge is 0.323 e. The second-order valence-electron chi connectivity index (χ2n) is 4.32. The van der Waals surface area contributed by atoms with Crippen molar-refractivity contribution < 1.29 is 9.18 Å². The molecular formula is C12H14BrClFN3O. The highest BCUT2D eigenvalue weighted by Crippen LogP contribution is 2.31. The van der Waals surface area contributed by atoms with Crippen molar-refractivity contribution in [2.75, 3.05) is 38.0 Å². The molecule has 7 heteroatoms. The maximum absolute atomic E-state index is 13.1. The van der Waals surface area contributed by atoms with Gasteiger partial charge in [-0.05, 0) is 28.1 Å². The van der Waals surface area contributed by atoms with Crippen LogP contribution >= 0.6 is 27.5 Å². The minimum absolute atomic E-state index is 0.156. The van der Waals surface area contributed by atoms with Gasteiger partial charge in [0, 0.05) is 30.7 Å². The van der Waals surface area contributed by atoms with Crippen molar-refractivity contribution >= 4 is 39.1 Å². The fraction of sp³-hybridized carbons (Fsp3) is 0.417. The number of carbonyl (C=O) groups excluding carboxylic acids is 1. The van der Waals surface area contributed by atoms with Crippen LogP contribution in [0, 0.1) is 5.82 Å². The molecule has 0 aliphatic carbocycles. The van der Waals surface area contributed by atoms with Gasteiger partial charge in [0.25, 0.3) is 0 Å². The van der Waals surface area contributed by atoms with E-state index < -0.39 is 5.82 Å². The van der Waals surface area contributed by atoms with Crippen LogP contribution < -0.4 is 10.6 Å². The summed E-state index contributed by atoms with van der Waals surface area (Å²) in [5, 5.41) is 6.11. The van der Waals surface area contributed by atoms with Crippen molar-refractivity contribution in [3.05, 3.63) is 27.4 Å². The predicted octanol–water partition coefficient (Wildman–Crippen LogP) is 2.09. The molecule has 0 aromatic heterocycles. The first-order valence-electron chi connectivity index (χ1n) is 5.94. The van der Waals surface area contributed by atoms with Gasteiger partial charge in [-0.1, -0.05) is 11.6 Å². The third-order valence-corrected chi connectivity index (χ3v) is 3.77. The molecule has 4 nitrogen and oxygen atoms in total. The zero-order chi connectivity index (χ0) is 13.8. The Morgan fingerprint density at radius 2 is 2.16 bits per heavy atom. The zero-order valence-corrected chi connectivity index (χ0v) is 12.5. The Morgan fingerprint density at radius 1 is 1.47 bits per heavy atom. The smallest absolute Gasteiger partial charge is 0.238 e. The van der Waals surface area contributed by atoms with Gasteiger partial charge in [-0.15, -0.1) is 0 Å². The maximum Gasteiger partial charge on any atom is 0.238 e. The topological polar surface area (TPSA) is 44.4 Å². The molecule has 0 bridgehead atoms. The normalized spacial score (nSPS) is 16.4. The van der Waals surface area contributed by atoms with Gasteiger partial charge in [0.15, 0.2) is 0 Å². The summed E-state index contributed by atoms with van der Waals surface area (Å²) in [6, 6.07) is 2.44. The second kappa shape index (κ2) is 6.65. The lowest BCUT2D eigenvalue weighted by Crippen LogP contribution is -2.46. The van der Waals surface area contributed by atoms with Crippen molar-refractivity contribution in [2.24, 2.45) is 0 Å². The average molecular weight is 351 g/mol. The Bertz CT molecular complexity index is 457. The van der Waals surface area contributed by atoms with Crippen LogP contribution in [-0.4, -0.2) is 43.5 Å². The molecule has 1 amide bonds. The molecule has 2 rings (SSSR count). The van der Waals surface area contributed by atoms with E-state index in [1.807, 2.05) is 0 Å². The van der Waals surface area contributed by atoms with Crippen LogP contribution in [0.1, 0.15) is 0 Å². The molecule has 0 atom stereocenters. The molecule has 1 fully saturated rings. The average Bonchev–Trinajstić information content (AvgIpc) is 2.35. The van der Waals surface area contributed by atoms with Gasteiger partial charge in [-0.25, -0.2) is 4.39 Å². The molecule has 1 heterocycles. The summed E-state index contributed by atoms with van der Waals surface area (Å²) >= 11 is 9.10. The lowest BCUT2D eigenvalue weighted by atomic mass is 10.3. The van der Waals surface area contributed by atoms with Gasteiger partial charge in [0.05, 0.1) is 17.3 Å². The van der Waals surface area contributed by atoms with E-state index in [9.17, 15) is 9.18 Å². The van der Waals surface area contributed by atoms with E-state index in [1.165, 1.54) is 12.1 Å². The number of carbonyl (C=O) groups is 1. The van der Waals surface area contributed by atoms with E-state index in [1.54, 1.807) is 0 Å². The number of nitrogens with zero attached hydrogens (tertiary/aromatic N) is 1. The molecule has 0 saturated carbocycles. The van der Waals surface area contributed by atoms with Crippen molar-refractivity contribution in [1.29, 1.82) is 0 Å². The number of hydrogen-bond donors (Lipinski definition) is 2. The summed E-state index contributed by atoms with van der Waals surface area (Å²) < 4.78 is 13.5. The zero-order valence-electron chi connectivity index (χ0n) is 10.2. The third kappa shape index (κ3) is 4.14. The first-order chi connectivity index (χ1) is 9.06. The Labute approximate surface area is 124 Å². The Morgan fingerprint density at radius 3 is 2.79 bits per heavy atom. The fourth-order valence-electron chi connectivity index (χ4n) is 1.91. The maximum atomic E-state index is 13.1. The molecule has 0 radical (unpaired) electrons. The molecule has 2 N–H and O–H groups in total. The van der Waals surface area contributed by atoms with E-state index in [-0.39, 0.29) is 10.9 Å². The lowest BCUT2D eigenvalue weighted by molar-refractivity contribution is -0.117. The lowest BCUT2D eigenvalue weighted by Gasteiger charge is -2.26. The van der Waals surface area contributed by atoms with E-state index in [0.717, 1.165) is 26.2 Å². The van der Waals surface area contributed by atoms with Gasteiger partial charge < -0.3 is 10.6 Å². The first-order valence-corrected chi connectivity index (χ1v) is 7.11. The predicted molar refractivity (Wildman–Crippen MR) is 77.0 cm³/mol. The number of piperazine rings is 1. The van der Waals surface area contributed by atoms with Crippen molar-refractivity contribution in [2.45, 2.75) is 0 Å². The highest BCUT2D eigenvalue weighted by Gasteiger charge is 2.16. The minimum atomic E-state index is -0.447. The van der Waals surface area contributed by atoms with Crippen LogP contribution in [0.2, 0.25) is 5.02 Å². The Balaban J connectivity index is 1.98. The molecule has 104 valence electrons. The van der Waals surface area contributed by atoms with Crippen LogP contribution in [0.5, 0.6) is 0 Å². The summed E-state index contributed by atoms with van der Waals surface area (Å²) in [6.07, 6.45) is 0. The molecule has 1 aliphatic heterocycles. The summed E-state index contributed by atoms with van der Waals surface area (Å²) in [5.74, 6) is -0.604. The van der Waals surface area contributed by atoms with Crippen LogP contribution in [0.3, 0.4) is 0 Å². The van der Waals surface area contributed by atoms with E-state index in [0.29, 0.717) is 16.7 Å². The molecule has 19 heavy (non-hydrogen) atoms. The minimum Gasteiger partial charge on any atom is -0.323 e. The van der Waals surface area contributed by atoms with Gasteiger partial charge in [-0.3, -0.25) is 9.69 Å². The third-order valence-electron chi connectivity index (χ3n) is 2.85. The van der Waals surface area contributed by atoms with Crippen LogP contribution in [0.25, 0.3) is 0 Å². The number of halogens is 3.